The molecule has 0 aliphatic carbocycles. The molecule has 152 valence electrons. The smallest absolute Gasteiger partial charge is 0.410 e. The van der Waals surface area contributed by atoms with E-state index in [9.17, 15) is 18.4 Å². The summed E-state index contributed by atoms with van der Waals surface area (Å²) >= 11 is 6.35. The third-order valence-corrected chi connectivity index (χ3v) is 4.90. The van der Waals surface area contributed by atoms with Crippen LogP contribution in [0, 0.1) is 11.6 Å². The summed E-state index contributed by atoms with van der Waals surface area (Å²) in [5.41, 5.74) is 1.29. The van der Waals surface area contributed by atoms with Crippen LogP contribution in [0.5, 0.6) is 0 Å². The maximum absolute atomic E-state index is 13.7. The van der Waals surface area contributed by atoms with Gasteiger partial charge in [-0.3, -0.25) is 4.79 Å². The standard InChI is InChI=1S/C21H19ClF2N2O3/c1-2-29-21(28)26-11-10-16(22)15(12-26)13-6-8-14(9-7-13)25-20(27)19-17(23)4-3-5-18(19)24/h3-9H,2,10-12H2,1H3,(H,25,27). The van der Waals surface area contributed by atoms with Gasteiger partial charge in [-0.2, -0.15) is 0 Å². The highest BCUT2D eigenvalue weighted by Crippen LogP contribution is 2.30. The van der Waals surface area contributed by atoms with Crippen LogP contribution in [0.4, 0.5) is 19.3 Å². The molecule has 1 N–H and O–H groups in total. The second-order valence-corrected chi connectivity index (χ2v) is 6.84. The molecular formula is C21H19ClF2N2O3. The lowest BCUT2D eigenvalue weighted by Gasteiger charge is -2.28. The van der Waals surface area contributed by atoms with Gasteiger partial charge in [0.05, 0.1) is 13.2 Å². The fourth-order valence-electron chi connectivity index (χ4n) is 3.02. The highest BCUT2D eigenvalue weighted by atomic mass is 35.5. The maximum Gasteiger partial charge on any atom is 0.410 e. The molecule has 0 spiro atoms. The van der Waals surface area contributed by atoms with Crippen LogP contribution in [0.25, 0.3) is 5.57 Å². The van der Waals surface area contributed by atoms with E-state index in [1.807, 2.05) is 0 Å². The highest BCUT2D eigenvalue weighted by molar-refractivity contribution is 6.33. The van der Waals surface area contributed by atoms with Crippen molar-refractivity contribution in [2.45, 2.75) is 13.3 Å². The molecular weight excluding hydrogens is 402 g/mol. The maximum atomic E-state index is 13.7. The van der Waals surface area contributed by atoms with Gasteiger partial charge in [0.25, 0.3) is 5.91 Å². The Morgan fingerprint density at radius 1 is 1.14 bits per heavy atom. The van der Waals surface area contributed by atoms with Gasteiger partial charge in [0.1, 0.15) is 17.2 Å². The molecule has 0 atom stereocenters. The number of ether oxygens (including phenoxy) is 1. The van der Waals surface area contributed by atoms with Gasteiger partial charge >= 0.3 is 6.09 Å². The van der Waals surface area contributed by atoms with E-state index in [0.29, 0.717) is 36.8 Å². The Balaban J connectivity index is 1.74. The molecule has 0 saturated heterocycles. The Morgan fingerprint density at radius 2 is 1.79 bits per heavy atom. The number of nitrogens with one attached hydrogen (secondary N) is 1. The van der Waals surface area contributed by atoms with Crippen molar-refractivity contribution in [3.63, 3.8) is 0 Å². The van der Waals surface area contributed by atoms with Crippen LogP contribution >= 0.6 is 11.6 Å². The fourth-order valence-corrected chi connectivity index (χ4v) is 3.27. The largest absolute Gasteiger partial charge is 0.450 e. The number of rotatable bonds is 4. The zero-order chi connectivity index (χ0) is 21.0. The monoisotopic (exact) mass is 420 g/mol. The number of halogens is 3. The van der Waals surface area contributed by atoms with Gasteiger partial charge in [-0.25, -0.2) is 13.6 Å². The molecule has 0 fully saturated rings. The van der Waals surface area contributed by atoms with Crippen molar-refractivity contribution in [1.82, 2.24) is 4.90 Å². The first-order valence-electron chi connectivity index (χ1n) is 9.05. The zero-order valence-corrected chi connectivity index (χ0v) is 16.4. The van der Waals surface area contributed by atoms with Crippen molar-refractivity contribution >= 4 is 34.9 Å². The first kappa shape index (κ1) is 20.8. The van der Waals surface area contributed by atoms with Crippen molar-refractivity contribution in [2.75, 3.05) is 25.0 Å². The van der Waals surface area contributed by atoms with E-state index >= 15 is 0 Å². The topological polar surface area (TPSA) is 58.6 Å². The lowest BCUT2D eigenvalue weighted by Crippen LogP contribution is -2.36. The molecule has 5 nitrogen and oxygen atoms in total. The van der Waals surface area contributed by atoms with Crippen molar-refractivity contribution < 1.29 is 23.1 Å². The van der Waals surface area contributed by atoms with Crippen LogP contribution in [0.2, 0.25) is 0 Å². The van der Waals surface area contributed by atoms with E-state index in [0.717, 1.165) is 23.3 Å². The number of anilines is 1. The highest BCUT2D eigenvalue weighted by Gasteiger charge is 2.24. The molecule has 0 bridgehead atoms. The van der Waals surface area contributed by atoms with E-state index in [2.05, 4.69) is 5.32 Å². The van der Waals surface area contributed by atoms with E-state index < -0.39 is 29.2 Å². The van der Waals surface area contributed by atoms with Gasteiger partial charge in [-0.15, -0.1) is 0 Å². The molecule has 2 aromatic carbocycles. The summed E-state index contributed by atoms with van der Waals surface area (Å²) in [6.45, 7) is 2.82. The van der Waals surface area contributed by atoms with Gasteiger partial charge in [0, 0.05) is 23.7 Å². The zero-order valence-electron chi connectivity index (χ0n) is 15.7. The minimum Gasteiger partial charge on any atom is -0.450 e. The summed E-state index contributed by atoms with van der Waals surface area (Å²) in [4.78, 5) is 25.7. The van der Waals surface area contributed by atoms with Crippen LogP contribution in [-0.2, 0) is 4.74 Å². The second-order valence-electron chi connectivity index (χ2n) is 6.38. The third kappa shape index (κ3) is 4.74. The molecule has 2 aromatic rings. The first-order chi connectivity index (χ1) is 13.9. The number of carbonyl (C=O) groups is 2. The van der Waals surface area contributed by atoms with Crippen LogP contribution in [-0.4, -0.2) is 36.6 Å². The molecule has 29 heavy (non-hydrogen) atoms. The van der Waals surface area contributed by atoms with Gasteiger partial charge < -0.3 is 15.0 Å². The average molecular weight is 421 g/mol. The van der Waals surface area contributed by atoms with Gasteiger partial charge in [-0.1, -0.05) is 29.8 Å². The van der Waals surface area contributed by atoms with E-state index in [1.54, 1.807) is 36.1 Å². The number of benzene rings is 2. The van der Waals surface area contributed by atoms with Crippen LogP contribution in [0.1, 0.15) is 29.3 Å². The average Bonchev–Trinajstić information content (AvgIpc) is 2.69. The number of amides is 2. The third-order valence-electron chi connectivity index (χ3n) is 4.48. The summed E-state index contributed by atoms with van der Waals surface area (Å²) in [6, 6.07) is 9.89. The number of hydrogen-bond acceptors (Lipinski definition) is 3. The molecule has 1 aliphatic rings. The van der Waals surface area contributed by atoms with Crippen LogP contribution in [0.3, 0.4) is 0 Å². The van der Waals surface area contributed by atoms with E-state index in [1.165, 1.54) is 6.07 Å². The Bertz CT molecular complexity index is 941. The summed E-state index contributed by atoms with van der Waals surface area (Å²) in [5.74, 6) is -2.74. The summed E-state index contributed by atoms with van der Waals surface area (Å²) < 4.78 is 32.5. The Labute approximate surface area is 171 Å². The second kappa shape index (κ2) is 9.05. The molecule has 1 aliphatic heterocycles. The minimum absolute atomic E-state index is 0.291. The van der Waals surface area contributed by atoms with E-state index in [-0.39, 0.29) is 0 Å². The molecule has 3 rings (SSSR count). The molecule has 0 saturated carbocycles. The number of carbonyl (C=O) groups excluding carboxylic acids is 2. The van der Waals surface area contributed by atoms with Crippen LogP contribution < -0.4 is 5.32 Å². The molecule has 8 heteroatoms. The van der Waals surface area contributed by atoms with Gasteiger partial charge in [0.2, 0.25) is 0 Å². The molecule has 0 aromatic heterocycles. The fraction of sp³-hybridized carbons (Fsp3) is 0.238. The SMILES string of the molecule is CCOC(=O)N1CCC(Cl)=C(c2ccc(NC(=O)c3c(F)cccc3F)cc2)C1. The van der Waals surface area contributed by atoms with Crippen molar-refractivity contribution in [1.29, 1.82) is 0 Å². The normalized spacial score (nSPS) is 14.0. The Morgan fingerprint density at radius 3 is 2.41 bits per heavy atom. The predicted octanol–water partition coefficient (Wildman–Crippen LogP) is 5.03. The van der Waals surface area contributed by atoms with Crippen molar-refractivity contribution in [2.24, 2.45) is 0 Å². The summed E-state index contributed by atoms with van der Waals surface area (Å²) in [5, 5.41) is 3.12. The Kier molecular flexibility index (Phi) is 6.49. The van der Waals surface area contributed by atoms with Crippen molar-refractivity contribution in [3.05, 3.63) is 70.3 Å². The molecule has 2 amide bonds. The Hall–Kier alpha value is -2.93. The quantitative estimate of drug-likeness (QED) is 0.754. The molecule has 1 heterocycles. The molecule has 0 radical (unpaired) electrons. The van der Waals surface area contributed by atoms with Gasteiger partial charge in [-0.05, 0) is 42.3 Å². The van der Waals surface area contributed by atoms with Crippen molar-refractivity contribution in [3.8, 4) is 0 Å². The van der Waals surface area contributed by atoms with Crippen LogP contribution in [0.15, 0.2) is 47.5 Å². The lowest BCUT2D eigenvalue weighted by atomic mass is 10.0. The summed E-state index contributed by atoms with van der Waals surface area (Å²) in [7, 11) is 0. The predicted molar refractivity (Wildman–Crippen MR) is 107 cm³/mol. The summed E-state index contributed by atoms with van der Waals surface area (Å²) in [6.07, 6.45) is 0.116. The number of nitrogens with zero attached hydrogens (tertiary/aromatic N) is 1. The lowest BCUT2D eigenvalue weighted by molar-refractivity contribution is 0.101. The molecule has 0 unspecified atom stereocenters. The van der Waals surface area contributed by atoms with Gasteiger partial charge in [0.15, 0.2) is 0 Å². The minimum atomic E-state index is -0.933. The van der Waals surface area contributed by atoms with E-state index in [4.69, 9.17) is 16.3 Å². The number of hydrogen-bond donors (Lipinski definition) is 1. The first-order valence-corrected chi connectivity index (χ1v) is 9.43.